The number of aromatic nitrogens is 2. The van der Waals surface area contributed by atoms with Gasteiger partial charge in [0.2, 0.25) is 0 Å². The van der Waals surface area contributed by atoms with Gasteiger partial charge in [-0.25, -0.2) is 13.8 Å². The van der Waals surface area contributed by atoms with Crippen LogP contribution in [0.2, 0.25) is 0 Å². The van der Waals surface area contributed by atoms with E-state index in [2.05, 4.69) is 4.52 Å². The summed E-state index contributed by atoms with van der Waals surface area (Å²) in [4.78, 5) is 42.3. The molecule has 24 heavy (non-hydrogen) atoms. The molecule has 5 N–H and O–H groups in total. The first kappa shape index (κ1) is 18.9. The van der Waals surface area contributed by atoms with Gasteiger partial charge in [0.15, 0.2) is 11.8 Å². The van der Waals surface area contributed by atoms with Crippen LogP contribution in [0.1, 0.15) is 13.2 Å². The predicted octanol–water partition coefficient (Wildman–Crippen LogP) is -2.01. The van der Waals surface area contributed by atoms with Crippen molar-refractivity contribution in [2.24, 2.45) is 0 Å². The maximum Gasteiger partial charge on any atom is 0.469 e. The Labute approximate surface area is 133 Å². The van der Waals surface area contributed by atoms with E-state index in [9.17, 15) is 28.8 Å². The molecule has 0 radical (unpaired) electrons. The average molecular weight is 370 g/mol. The van der Waals surface area contributed by atoms with E-state index in [0.717, 1.165) is 19.2 Å². The molecule has 1 fully saturated rings. The number of halogens is 1. The number of phosphoric ester groups is 1. The Morgan fingerprint density at radius 2 is 2.12 bits per heavy atom. The summed E-state index contributed by atoms with van der Waals surface area (Å²) in [6, 6.07) is 0.939. The minimum absolute atomic E-state index is 0.708. The molecular weight excluding hydrogens is 354 g/mol. The van der Waals surface area contributed by atoms with Gasteiger partial charge in [0.05, 0.1) is 6.61 Å². The molecule has 1 saturated heterocycles. The van der Waals surface area contributed by atoms with E-state index in [1.807, 2.05) is 4.98 Å². The van der Waals surface area contributed by atoms with Crippen LogP contribution in [0.15, 0.2) is 21.9 Å². The molecule has 13 heteroatoms. The van der Waals surface area contributed by atoms with Crippen LogP contribution >= 0.6 is 7.82 Å². The zero-order chi connectivity index (χ0) is 18.3. The van der Waals surface area contributed by atoms with Crippen molar-refractivity contribution in [1.29, 1.82) is 0 Å². The Morgan fingerprint density at radius 1 is 1.50 bits per heavy atom. The molecule has 1 unspecified atom stereocenters. The highest BCUT2D eigenvalue weighted by atomic mass is 31.2. The van der Waals surface area contributed by atoms with Crippen molar-refractivity contribution in [3.05, 3.63) is 33.1 Å². The van der Waals surface area contributed by atoms with Gasteiger partial charge < -0.3 is 24.7 Å². The first-order valence-electron chi connectivity index (χ1n) is 6.59. The molecule has 0 aliphatic carbocycles. The topological polar surface area (TPSA) is 171 Å². The largest absolute Gasteiger partial charge is 0.469 e. The summed E-state index contributed by atoms with van der Waals surface area (Å²) in [5, 5.41) is 20.6. The number of hydrogen-bond donors (Lipinski definition) is 5. The summed E-state index contributed by atoms with van der Waals surface area (Å²) in [6.07, 6.45) is -2.68. The maximum atomic E-state index is 13.5. The van der Waals surface area contributed by atoms with Gasteiger partial charge >= 0.3 is 13.5 Å². The molecule has 2 rings (SSSR count). The van der Waals surface area contributed by atoms with Gasteiger partial charge in [0.1, 0.15) is 18.4 Å². The van der Waals surface area contributed by atoms with Crippen molar-refractivity contribution >= 4 is 7.82 Å². The minimum atomic E-state index is -5.01. The van der Waals surface area contributed by atoms with Gasteiger partial charge in [0.25, 0.3) is 5.56 Å². The fourth-order valence-electron chi connectivity index (χ4n) is 2.47. The van der Waals surface area contributed by atoms with Gasteiger partial charge in [-0.2, -0.15) is 0 Å². The van der Waals surface area contributed by atoms with Crippen LogP contribution in [0.3, 0.4) is 0 Å². The van der Waals surface area contributed by atoms with E-state index in [-0.39, 0.29) is 0 Å². The van der Waals surface area contributed by atoms with Crippen LogP contribution in [0.5, 0.6) is 0 Å². The number of nitrogens with one attached hydrogen (secondary N) is 1. The lowest BCUT2D eigenvalue weighted by molar-refractivity contribution is -0.138. The summed E-state index contributed by atoms with van der Waals surface area (Å²) in [5.41, 5.74) is -6.28. The molecule has 0 spiro atoms. The Hall–Kier alpha value is -1.40. The molecule has 0 saturated carbocycles. The second-order valence-corrected chi connectivity index (χ2v) is 6.82. The Bertz CT molecular complexity index is 771. The normalized spacial score (nSPS) is 33.8. The van der Waals surface area contributed by atoms with Crippen molar-refractivity contribution in [2.75, 3.05) is 13.3 Å². The second kappa shape index (κ2) is 6.15. The van der Waals surface area contributed by atoms with E-state index in [4.69, 9.17) is 14.5 Å². The predicted molar refractivity (Wildman–Crippen MR) is 74.8 cm³/mol. The van der Waals surface area contributed by atoms with Crippen molar-refractivity contribution < 1.29 is 38.2 Å². The molecule has 1 aromatic heterocycles. The molecule has 1 aliphatic rings. The molecule has 0 bridgehead atoms. The number of aliphatic hydroxyl groups is 2. The van der Waals surface area contributed by atoms with E-state index in [1.54, 1.807) is 0 Å². The van der Waals surface area contributed by atoms with Crippen LogP contribution in [-0.2, 0) is 13.8 Å². The van der Waals surface area contributed by atoms with E-state index >= 15 is 0 Å². The first-order valence-corrected chi connectivity index (χ1v) is 8.12. The van der Waals surface area contributed by atoms with Crippen molar-refractivity contribution in [1.82, 2.24) is 9.55 Å². The highest BCUT2D eigenvalue weighted by Gasteiger charge is 2.62. The number of hydrogen-bond acceptors (Lipinski definition) is 7. The molecule has 11 nitrogen and oxygen atoms in total. The zero-order valence-electron chi connectivity index (χ0n) is 12.3. The molecule has 136 valence electrons. The standard InChI is InChI=1S/C11H16FN2O9P/c1-10(18)7(16)11(4-12,5-22-24(19,20)21)23-8(10)14-3-2-6(15)13-9(14)17/h2-3,7-8,16,18H,4-5H2,1H3,(H,13,15,17)(H2,19,20,21)/t7-,8?,10+,11+/m0/s1. The summed E-state index contributed by atoms with van der Waals surface area (Å²) in [6.45, 7) is -1.52. The lowest BCUT2D eigenvalue weighted by Gasteiger charge is -2.30. The lowest BCUT2D eigenvalue weighted by Crippen LogP contribution is -2.53. The number of H-pyrrole nitrogens is 1. The average Bonchev–Trinajstić information content (AvgIpc) is 2.66. The van der Waals surface area contributed by atoms with Crippen molar-refractivity contribution in [3.8, 4) is 0 Å². The number of phosphoric acid groups is 1. The Kier molecular flexibility index (Phi) is 4.85. The fraction of sp³-hybridized carbons (Fsp3) is 0.636. The molecule has 1 aromatic rings. The third-order valence-corrected chi connectivity index (χ3v) is 4.17. The molecule has 4 atom stereocenters. The monoisotopic (exact) mass is 370 g/mol. The van der Waals surface area contributed by atoms with Crippen molar-refractivity contribution in [3.63, 3.8) is 0 Å². The molecule has 0 aromatic carbocycles. The van der Waals surface area contributed by atoms with Crippen LogP contribution < -0.4 is 11.2 Å². The first-order chi connectivity index (χ1) is 10.9. The highest BCUT2D eigenvalue weighted by Crippen LogP contribution is 2.46. The maximum absolute atomic E-state index is 13.5. The number of ether oxygens (including phenoxy) is 1. The number of rotatable bonds is 5. The minimum Gasteiger partial charge on any atom is -0.387 e. The molecule has 2 heterocycles. The number of alkyl halides is 1. The lowest BCUT2D eigenvalue weighted by atomic mass is 9.88. The van der Waals surface area contributed by atoms with Gasteiger partial charge in [-0.05, 0) is 6.92 Å². The van der Waals surface area contributed by atoms with Crippen LogP contribution in [0.4, 0.5) is 4.39 Å². The third kappa shape index (κ3) is 3.35. The SMILES string of the molecule is C[C@]1(O)C(n2ccc(=O)[nH]c2=O)O[C@](CF)(COP(=O)(O)O)[C@H]1O. The van der Waals surface area contributed by atoms with Gasteiger partial charge in [-0.15, -0.1) is 0 Å². The second-order valence-electron chi connectivity index (χ2n) is 5.58. The molecule has 1 aliphatic heterocycles. The summed E-state index contributed by atoms with van der Waals surface area (Å²) in [5.74, 6) is 0. The van der Waals surface area contributed by atoms with Crippen LogP contribution in [0.25, 0.3) is 0 Å². The summed E-state index contributed by atoms with van der Waals surface area (Å²) >= 11 is 0. The molecular formula is C11H16FN2O9P. The van der Waals surface area contributed by atoms with Crippen LogP contribution in [0, 0.1) is 0 Å². The van der Waals surface area contributed by atoms with Gasteiger partial charge in [-0.3, -0.25) is 18.9 Å². The third-order valence-electron chi connectivity index (χ3n) is 3.71. The van der Waals surface area contributed by atoms with Crippen molar-refractivity contribution in [2.45, 2.75) is 30.5 Å². The zero-order valence-corrected chi connectivity index (χ0v) is 13.2. The number of aliphatic hydroxyl groups excluding tert-OH is 1. The Morgan fingerprint density at radius 3 is 2.62 bits per heavy atom. The van der Waals surface area contributed by atoms with Crippen LogP contribution in [-0.4, -0.2) is 60.1 Å². The summed E-state index contributed by atoms with van der Waals surface area (Å²) in [7, 11) is -5.01. The fourth-order valence-corrected chi connectivity index (χ4v) is 2.86. The highest BCUT2D eigenvalue weighted by molar-refractivity contribution is 7.46. The quantitative estimate of drug-likeness (QED) is 0.367. The smallest absolute Gasteiger partial charge is 0.387 e. The molecule has 0 amide bonds. The van der Waals surface area contributed by atoms with Gasteiger partial charge in [-0.1, -0.05) is 0 Å². The number of aromatic amines is 1. The van der Waals surface area contributed by atoms with Gasteiger partial charge in [0, 0.05) is 12.3 Å². The van der Waals surface area contributed by atoms with E-state index < -0.39 is 55.9 Å². The number of nitrogens with zero attached hydrogens (tertiary/aromatic N) is 1. The van der Waals surface area contributed by atoms with E-state index in [1.165, 1.54) is 0 Å². The van der Waals surface area contributed by atoms with E-state index in [0.29, 0.717) is 4.57 Å². The Balaban J connectivity index is 2.43. The summed E-state index contributed by atoms with van der Waals surface area (Å²) < 4.78 is 34.4.